The molecular weight excluding hydrogens is 244 g/mol. The van der Waals surface area contributed by atoms with Crippen molar-refractivity contribution in [2.45, 2.75) is 53.5 Å². The van der Waals surface area contributed by atoms with E-state index in [4.69, 9.17) is 0 Å². The molecule has 0 spiro atoms. The molecule has 0 bridgehead atoms. The molecule has 0 atom stereocenters. The monoisotopic (exact) mass is 266 g/mol. The molecule has 0 aromatic carbocycles. The second-order valence-corrected chi connectivity index (χ2v) is 6.24. The van der Waals surface area contributed by atoms with Crippen molar-refractivity contribution in [3.8, 4) is 0 Å². The number of hydrogen-bond acceptors (Lipinski definition) is 3. The molecule has 1 rings (SSSR count). The lowest BCUT2D eigenvalue weighted by atomic mass is 10.1. The number of allylic oxidation sites excluding steroid dienone is 1. The summed E-state index contributed by atoms with van der Waals surface area (Å²) in [5, 5.41) is 3.99. The number of nitrogens with zero attached hydrogens (tertiary/aromatic N) is 1. The Labute approximate surface area is 113 Å². The Bertz CT molecular complexity index is 453. The zero-order valence-corrected chi connectivity index (χ0v) is 12.9. The normalized spacial score (nSPS) is 12.7. The molecule has 0 fully saturated rings. The molecule has 1 amide bonds. The van der Waals surface area contributed by atoms with E-state index in [1.807, 2.05) is 40.7 Å². The Balaban J connectivity index is 2.88. The Morgan fingerprint density at radius 3 is 2.50 bits per heavy atom. The lowest BCUT2D eigenvalue weighted by molar-refractivity contribution is -0.119. The third-order valence-corrected chi connectivity index (χ3v) is 4.25. The first kappa shape index (κ1) is 14.9. The number of nitrogens with one attached hydrogen (secondary N) is 1. The van der Waals surface area contributed by atoms with Gasteiger partial charge in [0.1, 0.15) is 5.01 Å². The zero-order chi connectivity index (χ0) is 13.9. The van der Waals surface area contributed by atoms with E-state index >= 15 is 0 Å². The van der Waals surface area contributed by atoms with E-state index in [9.17, 15) is 4.79 Å². The molecule has 0 aliphatic rings. The lowest BCUT2D eigenvalue weighted by Crippen LogP contribution is -2.41. The van der Waals surface area contributed by atoms with E-state index in [-0.39, 0.29) is 5.91 Å². The first-order valence-electron chi connectivity index (χ1n) is 6.21. The van der Waals surface area contributed by atoms with Crippen LogP contribution in [0.3, 0.4) is 0 Å². The van der Waals surface area contributed by atoms with Gasteiger partial charge in [-0.05, 0) is 41.0 Å². The molecule has 0 unspecified atom stereocenters. The van der Waals surface area contributed by atoms with Crippen LogP contribution in [0.2, 0.25) is 0 Å². The topological polar surface area (TPSA) is 42.0 Å². The van der Waals surface area contributed by atoms with Crippen LogP contribution < -0.4 is 5.32 Å². The second-order valence-electron chi connectivity index (χ2n) is 5.04. The Hall–Kier alpha value is -1.16. The summed E-state index contributed by atoms with van der Waals surface area (Å²) in [6.07, 6.45) is 2.80. The van der Waals surface area contributed by atoms with Gasteiger partial charge in [-0.3, -0.25) is 4.79 Å². The fourth-order valence-corrected chi connectivity index (χ4v) is 2.55. The number of rotatable bonds is 4. The zero-order valence-electron chi connectivity index (χ0n) is 12.0. The van der Waals surface area contributed by atoms with Crippen molar-refractivity contribution >= 4 is 17.2 Å². The van der Waals surface area contributed by atoms with Crippen LogP contribution >= 0.6 is 11.3 Å². The Morgan fingerprint density at radius 2 is 2.06 bits per heavy atom. The van der Waals surface area contributed by atoms with Crippen molar-refractivity contribution in [2.24, 2.45) is 0 Å². The Morgan fingerprint density at radius 1 is 1.44 bits per heavy atom. The minimum Gasteiger partial charge on any atom is -0.341 e. The standard InChI is InChI=1S/C14H22N2OS/c1-7-8-9(2)12(17)16-14(5,6)13-15-10(3)11(4)18-13/h8H,7H2,1-6H3,(H,16,17)/b9-8-. The molecule has 0 aliphatic carbocycles. The van der Waals surface area contributed by atoms with E-state index in [1.165, 1.54) is 4.88 Å². The van der Waals surface area contributed by atoms with Gasteiger partial charge in [0.05, 0.1) is 11.2 Å². The fraction of sp³-hybridized carbons (Fsp3) is 0.571. The van der Waals surface area contributed by atoms with Gasteiger partial charge in [0, 0.05) is 10.5 Å². The molecule has 100 valence electrons. The van der Waals surface area contributed by atoms with Gasteiger partial charge in [-0.2, -0.15) is 0 Å². The number of aromatic nitrogens is 1. The van der Waals surface area contributed by atoms with Gasteiger partial charge >= 0.3 is 0 Å². The molecule has 1 aromatic heterocycles. The van der Waals surface area contributed by atoms with E-state index < -0.39 is 5.54 Å². The highest BCUT2D eigenvalue weighted by atomic mass is 32.1. The van der Waals surface area contributed by atoms with E-state index in [0.29, 0.717) is 0 Å². The van der Waals surface area contributed by atoms with Gasteiger partial charge < -0.3 is 5.32 Å². The number of hydrogen-bond donors (Lipinski definition) is 1. The molecule has 1 aromatic rings. The number of aryl methyl sites for hydroxylation is 2. The quantitative estimate of drug-likeness (QED) is 0.848. The second kappa shape index (κ2) is 5.65. The van der Waals surface area contributed by atoms with Gasteiger partial charge in [-0.1, -0.05) is 13.0 Å². The van der Waals surface area contributed by atoms with Crippen LogP contribution in [0.15, 0.2) is 11.6 Å². The van der Waals surface area contributed by atoms with Crippen LogP contribution in [-0.4, -0.2) is 10.9 Å². The summed E-state index contributed by atoms with van der Waals surface area (Å²) < 4.78 is 0. The SMILES string of the molecule is CC/C=C(/C)C(=O)NC(C)(C)c1nc(C)c(C)s1. The summed E-state index contributed by atoms with van der Waals surface area (Å²) in [5.41, 5.74) is 1.37. The van der Waals surface area contributed by atoms with Crippen molar-refractivity contribution in [3.63, 3.8) is 0 Å². The lowest BCUT2D eigenvalue weighted by Gasteiger charge is -2.24. The van der Waals surface area contributed by atoms with Crippen molar-refractivity contribution in [2.75, 3.05) is 0 Å². The summed E-state index contributed by atoms with van der Waals surface area (Å²) in [5.74, 6) is -0.0210. The average molecular weight is 266 g/mol. The Kier molecular flexibility index (Phi) is 4.68. The predicted molar refractivity (Wildman–Crippen MR) is 76.8 cm³/mol. The third kappa shape index (κ3) is 3.42. The van der Waals surface area contributed by atoms with Gasteiger partial charge in [0.25, 0.3) is 0 Å². The van der Waals surface area contributed by atoms with Crippen molar-refractivity contribution < 1.29 is 4.79 Å². The first-order valence-corrected chi connectivity index (χ1v) is 7.03. The fourth-order valence-electron chi connectivity index (χ4n) is 1.57. The maximum Gasteiger partial charge on any atom is 0.247 e. The predicted octanol–water partition coefficient (Wildman–Crippen LogP) is 3.47. The summed E-state index contributed by atoms with van der Waals surface area (Å²) >= 11 is 1.64. The molecule has 0 radical (unpaired) electrons. The molecule has 0 aliphatic heterocycles. The van der Waals surface area contributed by atoms with Crippen LogP contribution in [0, 0.1) is 13.8 Å². The average Bonchev–Trinajstić information content (AvgIpc) is 2.60. The summed E-state index contributed by atoms with van der Waals surface area (Å²) in [6, 6.07) is 0. The molecule has 0 saturated carbocycles. The van der Waals surface area contributed by atoms with Crippen LogP contribution in [0.5, 0.6) is 0 Å². The molecule has 1 N–H and O–H groups in total. The molecule has 4 heteroatoms. The van der Waals surface area contributed by atoms with Gasteiger partial charge in [0.15, 0.2) is 0 Å². The molecule has 1 heterocycles. The maximum absolute atomic E-state index is 12.0. The van der Waals surface area contributed by atoms with E-state index in [2.05, 4.69) is 17.2 Å². The number of carbonyl (C=O) groups excluding carboxylic acids is 1. The molecular formula is C14H22N2OS. The van der Waals surface area contributed by atoms with E-state index in [1.54, 1.807) is 11.3 Å². The van der Waals surface area contributed by atoms with Crippen molar-refractivity contribution in [1.82, 2.24) is 10.3 Å². The van der Waals surface area contributed by atoms with Gasteiger partial charge in [-0.25, -0.2) is 4.98 Å². The third-order valence-electron chi connectivity index (χ3n) is 2.86. The van der Waals surface area contributed by atoms with E-state index in [0.717, 1.165) is 22.7 Å². The highest BCUT2D eigenvalue weighted by Gasteiger charge is 2.27. The van der Waals surface area contributed by atoms with Crippen LogP contribution in [-0.2, 0) is 10.3 Å². The number of amides is 1. The van der Waals surface area contributed by atoms with Crippen LogP contribution in [0.4, 0.5) is 0 Å². The van der Waals surface area contributed by atoms with Crippen LogP contribution in [0.25, 0.3) is 0 Å². The highest BCUT2D eigenvalue weighted by Crippen LogP contribution is 2.27. The smallest absolute Gasteiger partial charge is 0.247 e. The minimum absolute atomic E-state index is 0.0210. The van der Waals surface area contributed by atoms with Gasteiger partial charge in [0.2, 0.25) is 5.91 Å². The first-order chi connectivity index (χ1) is 8.27. The summed E-state index contributed by atoms with van der Waals surface area (Å²) in [6.45, 7) is 11.9. The summed E-state index contributed by atoms with van der Waals surface area (Å²) in [7, 11) is 0. The molecule has 3 nitrogen and oxygen atoms in total. The van der Waals surface area contributed by atoms with Crippen molar-refractivity contribution in [1.29, 1.82) is 0 Å². The highest BCUT2D eigenvalue weighted by molar-refractivity contribution is 7.11. The number of carbonyl (C=O) groups is 1. The largest absolute Gasteiger partial charge is 0.341 e. The molecule has 18 heavy (non-hydrogen) atoms. The molecule has 0 saturated heterocycles. The minimum atomic E-state index is -0.427. The summed E-state index contributed by atoms with van der Waals surface area (Å²) in [4.78, 5) is 17.7. The van der Waals surface area contributed by atoms with Gasteiger partial charge in [-0.15, -0.1) is 11.3 Å². The van der Waals surface area contributed by atoms with Crippen LogP contribution in [0.1, 0.15) is 49.7 Å². The maximum atomic E-state index is 12.0. The number of thiazole rings is 1. The van der Waals surface area contributed by atoms with Crippen molar-refractivity contribution in [3.05, 3.63) is 27.2 Å².